The van der Waals surface area contributed by atoms with E-state index in [4.69, 9.17) is 9.47 Å². The van der Waals surface area contributed by atoms with Gasteiger partial charge in [0.05, 0.1) is 13.2 Å². The summed E-state index contributed by atoms with van der Waals surface area (Å²) in [5, 5.41) is 0. The Morgan fingerprint density at radius 1 is 0.583 bits per heavy atom. The van der Waals surface area contributed by atoms with Crippen LogP contribution in [0.2, 0.25) is 0 Å². The Hall–Kier alpha value is -1.58. The summed E-state index contributed by atoms with van der Waals surface area (Å²) in [6, 6.07) is 0. The van der Waals surface area contributed by atoms with Gasteiger partial charge >= 0.3 is 11.9 Å². The van der Waals surface area contributed by atoms with Crippen LogP contribution in [0, 0.1) is 0 Å². The van der Waals surface area contributed by atoms with E-state index in [0.717, 1.165) is 25.7 Å². The molecular formula is C20H34O4. The zero-order chi connectivity index (χ0) is 17.9. The molecule has 0 heterocycles. The standard InChI is InChI=1S/C20H34O4/c1-3-15-19(21)23-17-13-11-9-7-5-6-8-10-12-14-18-24-20(22)16-4-2/h3-4,15-16H,5-14,17-18H2,1-2H3. The predicted octanol–water partition coefficient (Wildman–Crippen LogP) is 5.13. The molecule has 0 aromatic rings. The van der Waals surface area contributed by atoms with Crippen molar-refractivity contribution in [1.82, 2.24) is 0 Å². The summed E-state index contributed by atoms with van der Waals surface area (Å²) in [7, 11) is 0. The first-order valence-corrected chi connectivity index (χ1v) is 9.29. The number of unbranched alkanes of at least 4 members (excludes halogenated alkanes) is 9. The molecule has 24 heavy (non-hydrogen) atoms. The van der Waals surface area contributed by atoms with E-state index >= 15 is 0 Å². The van der Waals surface area contributed by atoms with Gasteiger partial charge in [0.25, 0.3) is 0 Å². The molecule has 0 radical (unpaired) electrons. The van der Waals surface area contributed by atoms with Crippen LogP contribution in [0.25, 0.3) is 0 Å². The molecule has 0 bridgehead atoms. The fourth-order valence-electron chi connectivity index (χ4n) is 2.33. The summed E-state index contributed by atoms with van der Waals surface area (Å²) in [6.45, 7) is 4.67. The van der Waals surface area contributed by atoms with Crippen molar-refractivity contribution in [2.45, 2.75) is 78.1 Å². The Bertz CT molecular complexity index is 336. The highest BCUT2D eigenvalue weighted by atomic mass is 16.5. The monoisotopic (exact) mass is 338 g/mol. The van der Waals surface area contributed by atoms with Gasteiger partial charge in [-0.2, -0.15) is 0 Å². The predicted molar refractivity (Wildman–Crippen MR) is 97.7 cm³/mol. The summed E-state index contributed by atoms with van der Waals surface area (Å²) in [4.78, 5) is 22.1. The Balaban J connectivity index is 3.15. The molecule has 0 aliphatic heterocycles. The molecule has 0 aliphatic rings. The minimum Gasteiger partial charge on any atom is -0.463 e. The highest BCUT2D eigenvalue weighted by Gasteiger charge is 1.98. The van der Waals surface area contributed by atoms with Gasteiger partial charge in [-0.1, -0.05) is 63.5 Å². The van der Waals surface area contributed by atoms with E-state index < -0.39 is 0 Å². The zero-order valence-electron chi connectivity index (χ0n) is 15.4. The van der Waals surface area contributed by atoms with Crippen LogP contribution in [0.1, 0.15) is 78.1 Å². The summed E-state index contributed by atoms with van der Waals surface area (Å²) < 4.78 is 10.1. The third-order valence-electron chi connectivity index (χ3n) is 3.63. The van der Waals surface area contributed by atoms with Crippen LogP contribution in [0.5, 0.6) is 0 Å². The number of rotatable bonds is 15. The summed E-state index contributed by atoms with van der Waals surface area (Å²) in [5.41, 5.74) is 0. The molecule has 0 aromatic heterocycles. The fraction of sp³-hybridized carbons (Fsp3) is 0.700. The lowest BCUT2D eigenvalue weighted by Gasteiger charge is -2.04. The van der Waals surface area contributed by atoms with Crippen molar-refractivity contribution in [1.29, 1.82) is 0 Å². The highest BCUT2D eigenvalue weighted by molar-refractivity contribution is 5.82. The van der Waals surface area contributed by atoms with E-state index in [9.17, 15) is 9.59 Å². The van der Waals surface area contributed by atoms with Gasteiger partial charge in [-0.3, -0.25) is 0 Å². The molecule has 0 rings (SSSR count). The molecule has 0 aromatic carbocycles. The van der Waals surface area contributed by atoms with Gasteiger partial charge in [0, 0.05) is 12.2 Å². The van der Waals surface area contributed by atoms with Gasteiger partial charge in [0.1, 0.15) is 0 Å². The molecule has 0 amide bonds. The lowest BCUT2D eigenvalue weighted by atomic mass is 10.1. The quantitative estimate of drug-likeness (QED) is 0.236. The minimum atomic E-state index is -0.242. The summed E-state index contributed by atoms with van der Waals surface area (Å²) in [6.07, 6.45) is 17.9. The molecule has 4 nitrogen and oxygen atoms in total. The Labute approximate surface area is 147 Å². The van der Waals surface area contributed by atoms with Gasteiger partial charge in [-0.15, -0.1) is 0 Å². The van der Waals surface area contributed by atoms with E-state index in [1.54, 1.807) is 26.0 Å². The van der Waals surface area contributed by atoms with Crippen molar-refractivity contribution in [3.8, 4) is 0 Å². The summed E-state index contributed by atoms with van der Waals surface area (Å²) in [5.74, 6) is -0.483. The van der Waals surface area contributed by atoms with Crippen LogP contribution in [0.4, 0.5) is 0 Å². The van der Waals surface area contributed by atoms with E-state index in [0.29, 0.717) is 13.2 Å². The van der Waals surface area contributed by atoms with Crippen LogP contribution >= 0.6 is 0 Å². The number of hydrogen-bond donors (Lipinski definition) is 0. The number of allylic oxidation sites excluding steroid dienone is 2. The zero-order valence-corrected chi connectivity index (χ0v) is 15.4. The van der Waals surface area contributed by atoms with Crippen molar-refractivity contribution in [2.75, 3.05) is 13.2 Å². The molecule has 0 fully saturated rings. The number of carbonyl (C=O) groups excluding carboxylic acids is 2. The first-order valence-electron chi connectivity index (χ1n) is 9.29. The second-order valence-electron chi connectivity index (χ2n) is 5.87. The van der Waals surface area contributed by atoms with Crippen LogP contribution in [-0.4, -0.2) is 25.2 Å². The van der Waals surface area contributed by atoms with Crippen molar-refractivity contribution in [3.05, 3.63) is 24.3 Å². The van der Waals surface area contributed by atoms with Crippen LogP contribution in [0.3, 0.4) is 0 Å². The molecule has 0 spiro atoms. The van der Waals surface area contributed by atoms with E-state index in [1.807, 2.05) is 0 Å². The number of esters is 2. The second kappa shape index (κ2) is 17.8. The normalized spacial score (nSPS) is 11.2. The lowest BCUT2D eigenvalue weighted by Crippen LogP contribution is -2.02. The lowest BCUT2D eigenvalue weighted by molar-refractivity contribution is -0.138. The molecule has 0 unspecified atom stereocenters. The fourth-order valence-corrected chi connectivity index (χ4v) is 2.33. The van der Waals surface area contributed by atoms with Crippen LogP contribution < -0.4 is 0 Å². The van der Waals surface area contributed by atoms with E-state index in [1.165, 1.54) is 50.7 Å². The first kappa shape index (κ1) is 22.4. The smallest absolute Gasteiger partial charge is 0.330 e. The number of carbonyl (C=O) groups is 2. The van der Waals surface area contributed by atoms with Crippen molar-refractivity contribution >= 4 is 11.9 Å². The van der Waals surface area contributed by atoms with Gasteiger partial charge in [0.15, 0.2) is 0 Å². The SMILES string of the molecule is CC=CC(=O)OCCCCCCCCCCCCOC(=O)C=CC. The van der Waals surface area contributed by atoms with Crippen molar-refractivity contribution in [3.63, 3.8) is 0 Å². The number of ether oxygens (including phenoxy) is 2. The largest absolute Gasteiger partial charge is 0.463 e. The molecule has 4 heteroatoms. The maximum Gasteiger partial charge on any atom is 0.330 e. The van der Waals surface area contributed by atoms with Crippen molar-refractivity contribution < 1.29 is 19.1 Å². The van der Waals surface area contributed by atoms with Gasteiger partial charge in [-0.05, 0) is 26.7 Å². The Kier molecular flexibility index (Phi) is 16.6. The average molecular weight is 338 g/mol. The van der Waals surface area contributed by atoms with Crippen LogP contribution in [0.15, 0.2) is 24.3 Å². The summed E-state index contributed by atoms with van der Waals surface area (Å²) >= 11 is 0. The molecule has 0 saturated heterocycles. The minimum absolute atomic E-state index is 0.242. The molecule has 0 aliphatic carbocycles. The molecule has 0 atom stereocenters. The average Bonchev–Trinajstić information content (AvgIpc) is 2.55. The molecule has 0 saturated carbocycles. The topological polar surface area (TPSA) is 52.6 Å². The molecular weight excluding hydrogens is 304 g/mol. The second-order valence-corrected chi connectivity index (χ2v) is 5.87. The third kappa shape index (κ3) is 16.8. The first-order chi connectivity index (χ1) is 11.7. The third-order valence-corrected chi connectivity index (χ3v) is 3.63. The van der Waals surface area contributed by atoms with Crippen molar-refractivity contribution in [2.24, 2.45) is 0 Å². The van der Waals surface area contributed by atoms with Crippen LogP contribution in [-0.2, 0) is 19.1 Å². The van der Waals surface area contributed by atoms with Gasteiger partial charge in [0.2, 0.25) is 0 Å². The maximum absolute atomic E-state index is 11.1. The maximum atomic E-state index is 11.1. The Morgan fingerprint density at radius 2 is 0.875 bits per heavy atom. The van der Waals surface area contributed by atoms with Gasteiger partial charge < -0.3 is 9.47 Å². The highest BCUT2D eigenvalue weighted by Crippen LogP contribution is 2.10. The Morgan fingerprint density at radius 3 is 1.17 bits per heavy atom. The van der Waals surface area contributed by atoms with E-state index in [2.05, 4.69) is 0 Å². The number of hydrogen-bond acceptors (Lipinski definition) is 4. The molecule has 138 valence electrons. The van der Waals surface area contributed by atoms with E-state index in [-0.39, 0.29) is 11.9 Å². The van der Waals surface area contributed by atoms with Gasteiger partial charge in [-0.25, -0.2) is 9.59 Å². The molecule has 0 N–H and O–H groups in total.